The van der Waals surface area contributed by atoms with Crippen molar-refractivity contribution in [3.05, 3.63) is 39.1 Å². The number of aromatic hydroxyl groups is 2. The molecule has 1 aromatic heterocycles. The Hall–Kier alpha value is -2.54. The van der Waals surface area contributed by atoms with E-state index in [0.29, 0.717) is 10.4 Å². The summed E-state index contributed by atoms with van der Waals surface area (Å²) in [5, 5.41) is 23.2. The SMILES string of the molecule is COc1cc(/C=N/NC(=O)c2cc3c(s2)CCCCC3)cc(O)c1O. The molecule has 7 heteroatoms. The minimum atomic E-state index is -0.330. The summed E-state index contributed by atoms with van der Waals surface area (Å²) >= 11 is 1.53. The van der Waals surface area contributed by atoms with Gasteiger partial charge in [0.2, 0.25) is 5.75 Å². The Balaban J connectivity index is 1.68. The normalized spacial score (nSPS) is 14.1. The summed E-state index contributed by atoms with van der Waals surface area (Å²) < 4.78 is 4.96. The summed E-state index contributed by atoms with van der Waals surface area (Å²) in [6.45, 7) is 0. The molecule has 0 saturated heterocycles. The molecule has 0 radical (unpaired) electrons. The fraction of sp³-hybridized carbons (Fsp3) is 0.333. The standard InChI is InChI=1S/C18H20N2O4S/c1-24-14-8-11(7-13(21)17(14)22)10-19-20-18(23)16-9-12-5-3-2-4-6-15(12)25-16/h7-10,21-22H,2-6H2,1H3,(H,20,23)/b19-10+. The average Bonchev–Trinajstić information content (AvgIpc) is 2.88. The second-order valence-corrected chi connectivity index (χ2v) is 7.05. The van der Waals surface area contributed by atoms with Crippen LogP contribution >= 0.6 is 11.3 Å². The Morgan fingerprint density at radius 2 is 2.04 bits per heavy atom. The molecule has 1 amide bonds. The zero-order valence-electron chi connectivity index (χ0n) is 13.9. The second kappa shape index (κ2) is 7.57. The molecule has 3 rings (SSSR count). The zero-order chi connectivity index (χ0) is 17.8. The number of nitrogens with one attached hydrogen (secondary N) is 1. The molecule has 2 aromatic rings. The number of carbonyl (C=O) groups is 1. The number of carbonyl (C=O) groups excluding carboxylic acids is 1. The van der Waals surface area contributed by atoms with Crippen LogP contribution < -0.4 is 10.2 Å². The van der Waals surface area contributed by atoms with Gasteiger partial charge >= 0.3 is 0 Å². The lowest BCUT2D eigenvalue weighted by molar-refractivity contribution is 0.0959. The van der Waals surface area contributed by atoms with Crippen LogP contribution in [0.2, 0.25) is 0 Å². The first-order valence-electron chi connectivity index (χ1n) is 8.13. The highest BCUT2D eigenvalue weighted by Crippen LogP contribution is 2.35. The van der Waals surface area contributed by atoms with Gasteiger partial charge in [0.05, 0.1) is 18.2 Å². The molecule has 0 atom stereocenters. The monoisotopic (exact) mass is 360 g/mol. The van der Waals surface area contributed by atoms with Gasteiger partial charge in [-0.1, -0.05) is 6.42 Å². The minimum absolute atomic E-state index is 0.134. The maximum atomic E-state index is 12.3. The van der Waals surface area contributed by atoms with E-state index in [1.54, 1.807) is 0 Å². The van der Waals surface area contributed by atoms with Crippen molar-refractivity contribution in [1.82, 2.24) is 5.43 Å². The lowest BCUT2D eigenvalue weighted by Crippen LogP contribution is -2.16. The van der Waals surface area contributed by atoms with Crippen molar-refractivity contribution in [3.63, 3.8) is 0 Å². The van der Waals surface area contributed by atoms with E-state index in [2.05, 4.69) is 10.5 Å². The van der Waals surface area contributed by atoms with Gasteiger partial charge in [-0.3, -0.25) is 4.79 Å². The Bertz CT molecular complexity index is 790. The summed E-state index contributed by atoms with van der Waals surface area (Å²) in [6.07, 6.45) is 7.07. The fourth-order valence-corrected chi connectivity index (χ4v) is 3.99. The van der Waals surface area contributed by atoms with Gasteiger partial charge in [0.1, 0.15) is 0 Å². The molecule has 1 aromatic carbocycles. The number of methoxy groups -OCH3 is 1. The lowest BCUT2D eigenvalue weighted by Gasteiger charge is -2.06. The van der Waals surface area contributed by atoms with Crippen LogP contribution in [0.5, 0.6) is 17.2 Å². The van der Waals surface area contributed by atoms with Crippen molar-refractivity contribution in [3.8, 4) is 17.2 Å². The Kier molecular flexibility index (Phi) is 5.23. The number of fused-ring (bicyclic) bond motifs is 1. The number of aryl methyl sites for hydroxylation is 2. The number of amides is 1. The molecule has 132 valence electrons. The van der Waals surface area contributed by atoms with Crippen LogP contribution in [-0.2, 0) is 12.8 Å². The summed E-state index contributed by atoms with van der Waals surface area (Å²) in [6, 6.07) is 4.81. The first-order valence-corrected chi connectivity index (χ1v) is 8.95. The van der Waals surface area contributed by atoms with E-state index in [9.17, 15) is 15.0 Å². The molecule has 0 saturated carbocycles. The number of phenolic OH excluding ortho intramolecular Hbond substituents is 2. The van der Waals surface area contributed by atoms with E-state index in [1.807, 2.05) is 6.07 Å². The Morgan fingerprint density at radius 1 is 1.24 bits per heavy atom. The van der Waals surface area contributed by atoms with E-state index in [-0.39, 0.29) is 23.2 Å². The highest BCUT2D eigenvalue weighted by atomic mass is 32.1. The summed E-state index contributed by atoms with van der Waals surface area (Å²) in [5.74, 6) is -0.753. The Labute approximate surface area is 149 Å². The van der Waals surface area contributed by atoms with Crippen molar-refractivity contribution >= 4 is 23.5 Å². The topological polar surface area (TPSA) is 91.2 Å². The van der Waals surface area contributed by atoms with Crippen molar-refractivity contribution < 1.29 is 19.7 Å². The predicted molar refractivity (Wildman–Crippen MR) is 97.0 cm³/mol. The molecule has 1 aliphatic carbocycles. The summed E-state index contributed by atoms with van der Waals surface area (Å²) in [7, 11) is 1.39. The van der Waals surface area contributed by atoms with E-state index in [4.69, 9.17) is 4.74 Å². The second-order valence-electron chi connectivity index (χ2n) is 5.91. The molecular formula is C18H20N2O4S. The molecule has 0 unspecified atom stereocenters. The summed E-state index contributed by atoms with van der Waals surface area (Å²) in [4.78, 5) is 14.2. The van der Waals surface area contributed by atoms with Crippen molar-refractivity contribution in [2.45, 2.75) is 32.1 Å². The molecule has 3 N–H and O–H groups in total. The number of hydrogen-bond acceptors (Lipinski definition) is 6. The van der Waals surface area contributed by atoms with Crippen LogP contribution in [0.4, 0.5) is 0 Å². The van der Waals surface area contributed by atoms with E-state index < -0.39 is 0 Å². The van der Waals surface area contributed by atoms with E-state index in [0.717, 1.165) is 12.8 Å². The third-order valence-electron chi connectivity index (χ3n) is 4.15. The highest BCUT2D eigenvalue weighted by molar-refractivity contribution is 7.14. The number of benzene rings is 1. The van der Waals surface area contributed by atoms with Crippen LogP contribution in [0.25, 0.3) is 0 Å². The molecule has 6 nitrogen and oxygen atoms in total. The number of phenols is 2. The molecule has 0 bridgehead atoms. The molecule has 0 aliphatic heterocycles. The average molecular weight is 360 g/mol. The van der Waals surface area contributed by atoms with Gasteiger partial charge in [0.25, 0.3) is 5.91 Å². The predicted octanol–water partition coefficient (Wildman–Crippen LogP) is 3.20. The van der Waals surface area contributed by atoms with Crippen LogP contribution in [0.3, 0.4) is 0 Å². The number of hydrazone groups is 1. The van der Waals surface area contributed by atoms with Gasteiger partial charge in [0, 0.05) is 10.4 Å². The highest BCUT2D eigenvalue weighted by Gasteiger charge is 2.16. The first-order chi connectivity index (χ1) is 12.1. The first kappa shape index (κ1) is 17.3. The zero-order valence-corrected chi connectivity index (χ0v) is 14.7. The quantitative estimate of drug-likeness (QED) is 0.338. The van der Waals surface area contributed by atoms with Crippen molar-refractivity contribution in [2.24, 2.45) is 5.10 Å². The van der Waals surface area contributed by atoms with Crippen molar-refractivity contribution in [2.75, 3.05) is 7.11 Å². The number of nitrogens with zero attached hydrogens (tertiary/aromatic N) is 1. The van der Waals surface area contributed by atoms with Crippen LogP contribution in [0, 0.1) is 0 Å². The molecular weight excluding hydrogens is 340 g/mol. The number of rotatable bonds is 4. The third-order valence-corrected chi connectivity index (χ3v) is 5.38. The summed E-state index contributed by atoms with van der Waals surface area (Å²) in [5.41, 5.74) is 4.28. The smallest absolute Gasteiger partial charge is 0.281 e. The molecule has 1 heterocycles. The van der Waals surface area contributed by atoms with Gasteiger partial charge in [-0.25, -0.2) is 5.43 Å². The fourth-order valence-electron chi connectivity index (χ4n) is 2.84. The third kappa shape index (κ3) is 3.93. The van der Waals surface area contributed by atoms with E-state index in [1.165, 1.54) is 66.5 Å². The van der Waals surface area contributed by atoms with E-state index >= 15 is 0 Å². The van der Waals surface area contributed by atoms with Crippen LogP contribution in [0.15, 0.2) is 23.3 Å². The van der Waals surface area contributed by atoms with Gasteiger partial charge < -0.3 is 14.9 Å². The van der Waals surface area contributed by atoms with Gasteiger partial charge in [0.15, 0.2) is 11.5 Å². The lowest BCUT2D eigenvalue weighted by atomic mass is 10.1. The molecule has 1 aliphatic rings. The maximum Gasteiger partial charge on any atom is 0.281 e. The number of ether oxygens (including phenoxy) is 1. The number of thiophene rings is 1. The molecule has 25 heavy (non-hydrogen) atoms. The number of hydrogen-bond donors (Lipinski definition) is 3. The van der Waals surface area contributed by atoms with Crippen molar-refractivity contribution in [1.29, 1.82) is 0 Å². The van der Waals surface area contributed by atoms with Crippen LogP contribution in [-0.4, -0.2) is 29.4 Å². The van der Waals surface area contributed by atoms with Crippen LogP contribution in [0.1, 0.15) is 44.9 Å². The largest absolute Gasteiger partial charge is 0.504 e. The van der Waals surface area contributed by atoms with Gasteiger partial charge in [-0.05, 0) is 49.4 Å². The Morgan fingerprint density at radius 3 is 2.84 bits per heavy atom. The molecule has 0 spiro atoms. The van der Waals surface area contributed by atoms with Gasteiger partial charge in [-0.15, -0.1) is 11.3 Å². The molecule has 0 fully saturated rings. The van der Waals surface area contributed by atoms with Gasteiger partial charge in [-0.2, -0.15) is 5.10 Å². The minimum Gasteiger partial charge on any atom is -0.504 e. The maximum absolute atomic E-state index is 12.3.